The van der Waals surface area contributed by atoms with E-state index in [2.05, 4.69) is 294 Å². The van der Waals surface area contributed by atoms with Crippen molar-refractivity contribution < 1.29 is 0 Å². The Morgan fingerprint density at radius 2 is 0.784 bits per heavy atom. The van der Waals surface area contributed by atoms with E-state index < -0.39 is 0 Å². The van der Waals surface area contributed by atoms with Crippen molar-refractivity contribution in [1.82, 2.24) is 4.57 Å². The topological polar surface area (TPSA) is 8.17 Å². The van der Waals surface area contributed by atoms with Crippen molar-refractivity contribution in [2.45, 2.75) is 52.4 Å². The highest BCUT2D eigenvalue weighted by Crippen LogP contribution is 2.51. The average Bonchev–Trinajstić information content (AvgIpc) is 3.77. The predicted molar refractivity (Wildman–Crippen MR) is 318 cm³/mol. The normalized spacial score (nSPS) is 12.2. The second kappa shape index (κ2) is 17.5. The Morgan fingerprint density at radius 3 is 1.38 bits per heavy atom. The summed E-state index contributed by atoms with van der Waals surface area (Å²) in [5.74, 6) is 0. The molecule has 2 nitrogen and oxygen atoms in total. The number of fused-ring (bicyclic) bond motifs is 3. The number of nitrogens with zero attached hydrogens (tertiary/aromatic N) is 2. The van der Waals surface area contributed by atoms with Crippen LogP contribution in [-0.4, -0.2) is 4.57 Å². The Balaban J connectivity index is 1.09. The van der Waals surface area contributed by atoms with Crippen LogP contribution in [-0.2, 0) is 10.8 Å². The molecular formula is C72H58N2. The van der Waals surface area contributed by atoms with Crippen molar-refractivity contribution in [3.8, 4) is 50.2 Å². The van der Waals surface area contributed by atoms with E-state index in [1.807, 2.05) is 0 Å². The first kappa shape index (κ1) is 45.2. The summed E-state index contributed by atoms with van der Waals surface area (Å²) < 4.78 is 2.47. The zero-order chi connectivity index (χ0) is 50.3. The largest absolute Gasteiger partial charge is 0.309 e. The molecule has 0 radical (unpaired) electrons. The molecule has 0 aliphatic heterocycles. The van der Waals surface area contributed by atoms with Crippen molar-refractivity contribution in [1.29, 1.82) is 0 Å². The first-order valence-electron chi connectivity index (χ1n) is 26.1. The summed E-state index contributed by atoms with van der Waals surface area (Å²) >= 11 is 0. The minimum Gasteiger partial charge on any atom is -0.309 e. The van der Waals surface area contributed by atoms with E-state index in [1.54, 1.807) is 0 Å². The maximum Gasteiger partial charge on any atom is 0.0618 e. The van der Waals surface area contributed by atoms with Crippen LogP contribution in [0.25, 0.3) is 104 Å². The van der Waals surface area contributed by atoms with Crippen molar-refractivity contribution in [2.24, 2.45) is 0 Å². The predicted octanol–water partition coefficient (Wildman–Crippen LogP) is 20.4. The molecule has 74 heavy (non-hydrogen) atoms. The summed E-state index contributed by atoms with van der Waals surface area (Å²) in [6.45, 7) is 13.9. The summed E-state index contributed by atoms with van der Waals surface area (Å²) in [6.07, 6.45) is 0. The molecule has 0 amide bonds. The van der Waals surface area contributed by atoms with E-state index in [-0.39, 0.29) is 10.8 Å². The molecule has 2 heteroatoms. The highest BCUT2D eigenvalue weighted by molar-refractivity contribution is 6.28. The highest BCUT2D eigenvalue weighted by atomic mass is 15.1. The molecule has 356 valence electrons. The van der Waals surface area contributed by atoms with Crippen molar-refractivity contribution >= 4 is 71.2 Å². The number of aromatic nitrogens is 1. The molecule has 0 saturated carbocycles. The van der Waals surface area contributed by atoms with Crippen molar-refractivity contribution in [2.75, 3.05) is 4.90 Å². The van der Waals surface area contributed by atoms with Gasteiger partial charge in [0.25, 0.3) is 0 Å². The number of hydrogen-bond donors (Lipinski definition) is 0. The van der Waals surface area contributed by atoms with Gasteiger partial charge < -0.3 is 9.47 Å². The molecular weight excluding hydrogens is 893 g/mol. The van der Waals surface area contributed by atoms with Gasteiger partial charge >= 0.3 is 0 Å². The van der Waals surface area contributed by atoms with Gasteiger partial charge in [-0.2, -0.15) is 0 Å². The van der Waals surface area contributed by atoms with E-state index in [4.69, 9.17) is 0 Å². The van der Waals surface area contributed by atoms with Gasteiger partial charge in [-0.25, -0.2) is 0 Å². The van der Waals surface area contributed by atoms with E-state index in [0.29, 0.717) is 0 Å². The van der Waals surface area contributed by atoms with Gasteiger partial charge in [0.2, 0.25) is 0 Å². The molecule has 0 unspecified atom stereocenters. The first-order valence-corrected chi connectivity index (χ1v) is 26.1. The van der Waals surface area contributed by atoms with Crippen LogP contribution in [0.5, 0.6) is 0 Å². The molecule has 13 aromatic rings. The van der Waals surface area contributed by atoms with Crippen LogP contribution in [0.1, 0.15) is 52.7 Å². The monoisotopic (exact) mass is 950 g/mol. The maximum absolute atomic E-state index is 2.56. The lowest BCUT2D eigenvalue weighted by Crippen LogP contribution is -2.16. The molecule has 12 aromatic carbocycles. The maximum atomic E-state index is 2.56. The fourth-order valence-corrected chi connectivity index (χ4v) is 11.7. The van der Waals surface area contributed by atoms with Gasteiger partial charge in [0.05, 0.1) is 28.1 Å². The quantitative estimate of drug-likeness (QED) is 0.138. The highest BCUT2D eigenvalue weighted by Gasteiger charge is 2.27. The molecule has 0 spiro atoms. The zero-order valence-corrected chi connectivity index (χ0v) is 43.0. The Hall–Kier alpha value is -8.72. The van der Waals surface area contributed by atoms with Crippen molar-refractivity contribution in [3.05, 3.63) is 254 Å². The van der Waals surface area contributed by atoms with Gasteiger partial charge in [0.15, 0.2) is 0 Å². The number of para-hydroxylation sites is 3. The molecule has 0 N–H and O–H groups in total. The van der Waals surface area contributed by atoms with E-state index >= 15 is 0 Å². The van der Waals surface area contributed by atoms with Gasteiger partial charge in [0, 0.05) is 38.4 Å². The summed E-state index contributed by atoms with van der Waals surface area (Å²) in [7, 11) is 0. The molecule has 13 rings (SSSR count). The average molecular weight is 951 g/mol. The van der Waals surface area contributed by atoms with E-state index in [1.165, 1.54) is 87.6 Å². The molecule has 1 aromatic heterocycles. The Bertz CT molecular complexity index is 4110. The second-order valence-electron chi connectivity index (χ2n) is 22.1. The summed E-state index contributed by atoms with van der Waals surface area (Å²) in [6, 6.07) is 90.5. The van der Waals surface area contributed by atoms with Crippen LogP contribution in [0, 0.1) is 0 Å². The lowest BCUT2D eigenvalue weighted by molar-refractivity contribution is 0.569. The van der Waals surface area contributed by atoms with Gasteiger partial charge in [-0.3, -0.25) is 0 Å². The Labute approximate surface area is 434 Å². The van der Waals surface area contributed by atoms with E-state index in [9.17, 15) is 0 Å². The van der Waals surface area contributed by atoms with Crippen LogP contribution >= 0.6 is 0 Å². The fraction of sp³-hybridized carbons (Fsp3) is 0.111. The molecule has 0 aliphatic carbocycles. The molecule has 0 aliphatic rings. The Morgan fingerprint density at radius 1 is 0.324 bits per heavy atom. The minimum atomic E-state index is -0.0126. The lowest BCUT2D eigenvalue weighted by Gasteiger charge is -2.32. The zero-order valence-electron chi connectivity index (χ0n) is 43.0. The Kier molecular flexibility index (Phi) is 10.7. The first-order chi connectivity index (χ1) is 36.0. The summed E-state index contributed by atoms with van der Waals surface area (Å²) in [4.78, 5) is 2.56. The molecule has 0 fully saturated rings. The molecule has 0 saturated heterocycles. The van der Waals surface area contributed by atoms with Crippen LogP contribution in [0.3, 0.4) is 0 Å². The number of hydrogen-bond acceptors (Lipinski definition) is 1. The number of anilines is 3. The van der Waals surface area contributed by atoms with Gasteiger partial charge in [-0.1, -0.05) is 248 Å². The SMILES string of the molecule is CC(C)(C)c1cc(-c2ccccc2-c2cccc(N(c3c(-c4ccccc4)cccc3-c3ccccc3)c3ccc4ccc5c(-n6c7ccccc7c7ccccc76)ccc6ccc3c4c65)c2)cc(C(C)(C)C)c1. The van der Waals surface area contributed by atoms with Crippen LogP contribution in [0.4, 0.5) is 17.1 Å². The molecule has 1 heterocycles. The minimum absolute atomic E-state index is 0.0126. The fourth-order valence-electron chi connectivity index (χ4n) is 11.7. The third-order valence-electron chi connectivity index (χ3n) is 15.4. The van der Waals surface area contributed by atoms with Gasteiger partial charge in [-0.05, 0) is 113 Å². The smallest absolute Gasteiger partial charge is 0.0618 e. The summed E-state index contributed by atoms with van der Waals surface area (Å²) in [5.41, 5.74) is 19.1. The van der Waals surface area contributed by atoms with Crippen LogP contribution in [0.2, 0.25) is 0 Å². The third kappa shape index (κ3) is 7.55. The molecule has 0 atom stereocenters. The lowest BCUT2D eigenvalue weighted by atomic mass is 9.78. The third-order valence-corrected chi connectivity index (χ3v) is 15.4. The van der Waals surface area contributed by atoms with Gasteiger partial charge in [0.1, 0.15) is 0 Å². The number of benzene rings is 12. The molecule has 0 bridgehead atoms. The van der Waals surface area contributed by atoms with Crippen molar-refractivity contribution in [3.63, 3.8) is 0 Å². The van der Waals surface area contributed by atoms with Crippen LogP contribution < -0.4 is 4.90 Å². The number of rotatable bonds is 8. The summed E-state index contributed by atoms with van der Waals surface area (Å²) in [5, 5.41) is 9.93. The van der Waals surface area contributed by atoms with E-state index in [0.717, 1.165) is 44.9 Å². The standard InChI is InChI=1S/C72H58N2/c1-71(2,3)53-43-52(44-54(46-53)72(4,5)6)57-28-14-13-27-56(57)51-25-19-26-55(45-51)73(70-58(47-21-9-7-10-22-47)31-20-32-59(70)48-23-11-8-12-24-48)66-41-37-49-36-40-63-67(42-38-50-35-39-62(66)68(49)69(50)63)74-64-33-17-15-29-60(64)61-30-16-18-34-65(61)74/h7-46H,1-6H3. The van der Waals surface area contributed by atoms with Crippen LogP contribution in [0.15, 0.2) is 243 Å². The second-order valence-corrected chi connectivity index (χ2v) is 22.1. The van der Waals surface area contributed by atoms with Gasteiger partial charge in [-0.15, -0.1) is 0 Å².